The van der Waals surface area contributed by atoms with Crippen molar-refractivity contribution in [3.8, 4) is 0 Å². The first-order valence-corrected chi connectivity index (χ1v) is 15.5. The minimum Gasteiger partial charge on any atom is -0.387 e. The monoisotopic (exact) mass is 633 g/mol. The van der Waals surface area contributed by atoms with Gasteiger partial charge in [0.2, 0.25) is 0 Å². The molecule has 4 aromatic rings. The number of ether oxygens (including phenoxy) is 3. The van der Waals surface area contributed by atoms with Crippen LogP contribution in [0.5, 0.6) is 0 Å². The van der Waals surface area contributed by atoms with Crippen molar-refractivity contribution >= 4 is 21.6 Å². The number of carbonyl (C=O) groups excluding carboxylic acids is 1. The molecule has 0 saturated heterocycles. The fraction of sp³-hybridized carbons (Fsp3) is 0.242. The Morgan fingerprint density at radius 1 is 0.644 bits per heavy atom. The topological polar surface area (TPSA) is 152 Å². The van der Waals surface area contributed by atoms with Crippen LogP contribution in [0.3, 0.4) is 0 Å². The number of hydrogen-bond acceptors (Lipinski definition) is 10. The molecule has 0 aliphatic heterocycles. The van der Waals surface area contributed by atoms with Gasteiger partial charge in [-0.2, -0.15) is 8.42 Å². The summed E-state index contributed by atoms with van der Waals surface area (Å²) in [5.74, 6) is -0.724. The van der Waals surface area contributed by atoms with Crippen molar-refractivity contribution in [2.75, 3.05) is 0 Å². The lowest BCUT2D eigenvalue weighted by Crippen LogP contribution is -2.64. The molecule has 4 aromatic carbocycles. The Morgan fingerprint density at radius 3 is 1.56 bits per heavy atom. The van der Waals surface area contributed by atoms with Gasteiger partial charge >= 0.3 is 0 Å². The number of aliphatic hydroxyl groups excluding tert-OH is 1. The summed E-state index contributed by atoms with van der Waals surface area (Å²) in [5.41, 5.74) is 1.86. The summed E-state index contributed by atoms with van der Waals surface area (Å²) in [6.07, 6.45) is -7.66. The van der Waals surface area contributed by atoms with Gasteiger partial charge in [0, 0.05) is 12.1 Å². The van der Waals surface area contributed by atoms with Crippen LogP contribution in [0.2, 0.25) is 0 Å². The van der Waals surface area contributed by atoms with E-state index in [0.29, 0.717) is 5.56 Å². The minimum absolute atomic E-state index is 0.0161. The molecule has 0 heterocycles. The van der Waals surface area contributed by atoms with Gasteiger partial charge in [0.15, 0.2) is 5.78 Å². The summed E-state index contributed by atoms with van der Waals surface area (Å²) in [6.45, 7) is -0.148. The van der Waals surface area contributed by atoms with Crippen LogP contribution in [-0.2, 0) is 53.1 Å². The smallest absolute Gasteiger partial charge is 0.297 e. The molecule has 5 atom stereocenters. The second-order valence-corrected chi connectivity index (χ2v) is 11.9. The molecular weight excluding hydrogens is 602 g/mol. The van der Waals surface area contributed by atoms with E-state index in [-0.39, 0.29) is 30.4 Å². The molecular formula is C33H31NO10S. The third-order valence-corrected chi connectivity index (χ3v) is 8.56. The Hall–Kier alpha value is -4.30. The predicted molar refractivity (Wildman–Crippen MR) is 161 cm³/mol. The van der Waals surface area contributed by atoms with Crippen LogP contribution in [-0.4, -0.2) is 54.8 Å². The Kier molecular flexibility index (Phi) is 10.5. The first-order chi connectivity index (χ1) is 21.7. The number of hydrogen-bond donors (Lipinski definition) is 1. The van der Waals surface area contributed by atoms with Crippen molar-refractivity contribution < 1.29 is 41.6 Å². The minimum atomic E-state index is -4.64. The maximum absolute atomic E-state index is 13.9. The molecule has 11 nitrogen and oxygen atoms in total. The van der Waals surface area contributed by atoms with Crippen LogP contribution >= 0.6 is 0 Å². The summed E-state index contributed by atoms with van der Waals surface area (Å²) in [4.78, 5) is 24.0. The van der Waals surface area contributed by atoms with Crippen LogP contribution in [0.25, 0.3) is 0 Å². The van der Waals surface area contributed by atoms with Gasteiger partial charge in [-0.05, 0) is 28.8 Å². The molecule has 0 unspecified atom stereocenters. The van der Waals surface area contributed by atoms with E-state index in [1.54, 1.807) is 60.7 Å². The number of nitrogens with zero attached hydrogens (tertiary/aromatic N) is 1. The van der Waals surface area contributed by atoms with Crippen molar-refractivity contribution in [3.05, 3.63) is 142 Å². The molecule has 45 heavy (non-hydrogen) atoms. The third kappa shape index (κ3) is 8.05. The van der Waals surface area contributed by atoms with Crippen LogP contribution in [0, 0.1) is 10.1 Å². The van der Waals surface area contributed by atoms with E-state index in [1.165, 1.54) is 0 Å². The van der Waals surface area contributed by atoms with Crippen molar-refractivity contribution in [1.29, 1.82) is 0 Å². The zero-order valence-electron chi connectivity index (χ0n) is 24.0. The number of carbonyl (C=O) groups is 1. The Morgan fingerprint density at radius 2 is 1.09 bits per heavy atom. The average Bonchev–Trinajstić information content (AvgIpc) is 3.05. The third-order valence-electron chi connectivity index (χ3n) is 7.23. The van der Waals surface area contributed by atoms with Gasteiger partial charge in [-0.1, -0.05) is 91.0 Å². The molecule has 0 amide bonds. The molecule has 5 rings (SSSR count). The van der Waals surface area contributed by atoms with Gasteiger partial charge in [-0.3, -0.25) is 19.1 Å². The number of nitro groups is 1. The SMILES string of the molecule is O=C1[C@@H](OCc2ccccc2)[C@H](OS(=O)(=O)c2ccc([N+](=O)[O-])cc2)[C@H](OCc2ccccc2)[C@H](O)[C@H]1OCc1ccccc1. The van der Waals surface area contributed by atoms with Crippen LogP contribution in [0.15, 0.2) is 120 Å². The Balaban J connectivity index is 1.49. The highest BCUT2D eigenvalue weighted by Gasteiger charge is 2.54. The number of rotatable bonds is 13. The summed E-state index contributed by atoms with van der Waals surface area (Å²) >= 11 is 0. The quantitative estimate of drug-likeness (QED) is 0.128. The number of nitro benzene ring substituents is 1. The van der Waals surface area contributed by atoms with Gasteiger partial charge in [-0.25, -0.2) is 0 Å². The lowest BCUT2D eigenvalue weighted by atomic mass is 9.85. The lowest BCUT2D eigenvalue weighted by Gasteiger charge is -2.42. The maximum atomic E-state index is 13.9. The number of aliphatic hydroxyl groups is 1. The lowest BCUT2D eigenvalue weighted by molar-refractivity contribution is -0.384. The van der Waals surface area contributed by atoms with Crippen molar-refractivity contribution in [1.82, 2.24) is 0 Å². The second kappa shape index (κ2) is 14.7. The summed E-state index contributed by atoms with van der Waals surface area (Å²) in [7, 11) is -4.64. The van der Waals surface area contributed by atoms with Crippen LogP contribution in [0.1, 0.15) is 16.7 Å². The number of ketones is 1. The van der Waals surface area contributed by atoms with E-state index >= 15 is 0 Å². The molecule has 0 aromatic heterocycles. The summed E-state index contributed by atoms with van der Waals surface area (Å²) < 4.78 is 50.7. The normalized spacial score (nSPS) is 21.8. The predicted octanol–water partition coefficient (Wildman–Crippen LogP) is 4.37. The molecule has 1 saturated carbocycles. The second-order valence-electron chi connectivity index (χ2n) is 10.4. The molecule has 1 aliphatic carbocycles. The molecule has 234 valence electrons. The molecule has 0 radical (unpaired) electrons. The first-order valence-electron chi connectivity index (χ1n) is 14.1. The van der Waals surface area contributed by atoms with Crippen molar-refractivity contribution in [3.63, 3.8) is 0 Å². The fourth-order valence-electron chi connectivity index (χ4n) is 4.91. The van der Waals surface area contributed by atoms with Crippen molar-refractivity contribution in [2.24, 2.45) is 0 Å². The van der Waals surface area contributed by atoms with E-state index in [2.05, 4.69) is 0 Å². The van der Waals surface area contributed by atoms with Gasteiger partial charge in [0.05, 0.1) is 29.6 Å². The molecule has 1 N–H and O–H groups in total. The fourth-order valence-corrected chi connectivity index (χ4v) is 5.99. The van der Waals surface area contributed by atoms with Crippen molar-refractivity contribution in [2.45, 2.75) is 55.2 Å². The van der Waals surface area contributed by atoms with E-state index in [4.69, 9.17) is 18.4 Å². The zero-order chi connectivity index (χ0) is 31.8. The van der Waals surface area contributed by atoms with E-state index in [0.717, 1.165) is 35.4 Å². The molecule has 1 aliphatic rings. The van der Waals surface area contributed by atoms with Gasteiger partial charge in [0.1, 0.15) is 30.5 Å². The first kappa shape index (κ1) is 32.1. The molecule has 0 bridgehead atoms. The zero-order valence-corrected chi connectivity index (χ0v) is 24.8. The Bertz CT molecular complexity index is 1670. The average molecular weight is 634 g/mol. The highest BCUT2D eigenvalue weighted by Crippen LogP contribution is 2.32. The Labute approximate surface area is 260 Å². The number of benzene rings is 4. The van der Waals surface area contributed by atoms with Crippen LogP contribution < -0.4 is 0 Å². The van der Waals surface area contributed by atoms with Gasteiger partial charge in [-0.15, -0.1) is 0 Å². The summed E-state index contributed by atoms with van der Waals surface area (Å²) in [5, 5.41) is 22.6. The van der Waals surface area contributed by atoms with E-state index < -0.39 is 51.3 Å². The van der Waals surface area contributed by atoms with Gasteiger partial charge < -0.3 is 19.3 Å². The molecule has 0 spiro atoms. The van der Waals surface area contributed by atoms with E-state index in [1.807, 2.05) is 30.3 Å². The number of non-ortho nitro benzene ring substituents is 1. The molecule has 12 heteroatoms. The maximum Gasteiger partial charge on any atom is 0.297 e. The highest BCUT2D eigenvalue weighted by molar-refractivity contribution is 7.86. The highest BCUT2D eigenvalue weighted by atomic mass is 32.2. The van der Waals surface area contributed by atoms with E-state index in [9.17, 15) is 28.4 Å². The standard InChI is InChI=1S/C33H31NO10S/c35-28-30(41-20-23-10-4-1-5-11-23)29(36)32(43-22-25-14-8-3-9-15-25)33(31(28)42-21-24-12-6-2-7-13-24)44-45(39,40)27-18-16-26(17-19-27)34(37)38/h1-19,28,30-33,35H,20-22H2/t28-,30-,31-,32-,33-/m1/s1. The van der Waals surface area contributed by atoms with Gasteiger partial charge in [0.25, 0.3) is 15.8 Å². The largest absolute Gasteiger partial charge is 0.387 e. The number of Topliss-reactive ketones (excluding diaryl/α,β-unsaturated/α-hetero) is 1. The van der Waals surface area contributed by atoms with Crippen LogP contribution in [0.4, 0.5) is 5.69 Å². The summed E-state index contributed by atoms with van der Waals surface area (Å²) in [6, 6.07) is 31.1. The molecule has 1 fully saturated rings.